The zero-order chi connectivity index (χ0) is 13.4. The fourth-order valence-electron chi connectivity index (χ4n) is 1.51. The van der Waals surface area contributed by atoms with E-state index < -0.39 is 4.92 Å². The second kappa shape index (κ2) is 7.39. The fourth-order valence-corrected chi connectivity index (χ4v) is 1.51. The van der Waals surface area contributed by atoms with Crippen molar-refractivity contribution >= 4 is 11.6 Å². The van der Waals surface area contributed by atoms with Gasteiger partial charge in [-0.15, -0.1) is 0 Å². The Balaban J connectivity index is 2.29. The molecule has 1 aromatic rings. The summed E-state index contributed by atoms with van der Waals surface area (Å²) in [5.41, 5.74) is 0.962. The molecule has 1 aromatic carbocycles. The number of hydrogen-bond donors (Lipinski definition) is 2. The quantitative estimate of drug-likeness (QED) is 0.433. The van der Waals surface area contributed by atoms with E-state index in [0.717, 1.165) is 12.0 Å². The topological polar surface area (TPSA) is 84.3 Å². The van der Waals surface area contributed by atoms with Gasteiger partial charge in [0.05, 0.1) is 4.92 Å². The summed E-state index contributed by atoms with van der Waals surface area (Å²) in [5, 5.41) is 16.3. The molecular weight excluding hydrogens is 234 g/mol. The van der Waals surface area contributed by atoms with Gasteiger partial charge in [-0.1, -0.05) is 12.1 Å². The first-order valence-electron chi connectivity index (χ1n) is 5.78. The van der Waals surface area contributed by atoms with Gasteiger partial charge in [-0.3, -0.25) is 14.9 Å². The average molecular weight is 251 g/mol. The van der Waals surface area contributed by atoms with Crippen molar-refractivity contribution in [3.8, 4) is 0 Å². The van der Waals surface area contributed by atoms with Gasteiger partial charge in [0.25, 0.3) is 5.69 Å². The summed E-state index contributed by atoms with van der Waals surface area (Å²) in [6, 6.07) is 6.51. The first-order chi connectivity index (χ1) is 8.63. The summed E-state index contributed by atoms with van der Waals surface area (Å²) in [4.78, 5) is 21.1. The van der Waals surface area contributed by atoms with Crippen LogP contribution in [-0.4, -0.2) is 24.4 Å². The summed E-state index contributed by atoms with van der Waals surface area (Å²) >= 11 is 0. The highest BCUT2D eigenvalue weighted by atomic mass is 16.6. The van der Waals surface area contributed by atoms with Gasteiger partial charge in [-0.05, 0) is 18.5 Å². The Bertz CT molecular complexity index is 421. The lowest BCUT2D eigenvalue weighted by atomic mass is 10.2. The molecule has 0 unspecified atom stereocenters. The van der Waals surface area contributed by atoms with E-state index in [1.54, 1.807) is 19.2 Å². The molecule has 1 rings (SSSR count). The zero-order valence-electron chi connectivity index (χ0n) is 10.3. The van der Waals surface area contributed by atoms with Gasteiger partial charge >= 0.3 is 0 Å². The monoisotopic (exact) mass is 251 g/mol. The maximum atomic E-state index is 11.0. The summed E-state index contributed by atoms with van der Waals surface area (Å²) in [5.74, 6) is 0.0205. The van der Waals surface area contributed by atoms with Crippen LogP contribution in [0.4, 0.5) is 5.69 Å². The molecule has 0 fully saturated rings. The zero-order valence-corrected chi connectivity index (χ0v) is 10.3. The van der Waals surface area contributed by atoms with Crippen LogP contribution < -0.4 is 10.6 Å². The molecule has 0 radical (unpaired) electrons. The van der Waals surface area contributed by atoms with Crippen LogP contribution in [0.25, 0.3) is 0 Å². The predicted molar refractivity (Wildman–Crippen MR) is 68.1 cm³/mol. The summed E-state index contributed by atoms with van der Waals surface area (Å²) < 4.78 is 0. The average Bonchev–Trinajstić information content (AvgIpc) is 2.38. The van der Waals surface area contributed by atoms with Gasteiger partial charge in [-0.25, -0.2) is 0 Å². The van der Waals surface area contributed by atoms with Crippen molar-refractivity contribution in [3.05, 3.63) is 39.9 Å². The molecule has 2 N–H and O–H groups in total. The van der Waals surface area contributed by atoms with Gasteiger partial charge in [0.2, 0.25) is 5.91 Å². The van der Waals surface area contributed by atoms with Crippen molar-refractivity contribution in [2.75, 3.05) is 13.6 Å². The third-order valence-electron chi connectivity index (χ3n) is 2.49. The number of nitro benzene ring substituents is 1. The summed E-state index contributed by atoms with van der Waals surface area (Å²) in [6.07, 6.45) is 1.23. The minimum atomic E-state index is -0.408. The standard InChI is InChI=1S/C12H17N3O3/c1-13-12(16)6-3-7-14-9-10-4-2-5-11(8-10)15(17)18/h2,4-5,8,14H,3,6-7,9H2,1H3,(H,13,16). The van der Waals surface area contributed by atoms with E-state index in [-0.39, 0.29) is 11.6 Å². The molecule has 0 heterocycles. The molecule has 1 amide bonds. The molecule has 0 saturated heterocycles. The lowest BCUT2D eigenvalue weighted by molar-refractivity contribution is -0.384. The minimum Gasteiger partial charge on any atom is -0.359 e. The number of nitrogens with zero attached hydrogens (tertiary/aromatic N) is 1. The first kappa shape index (κ1) is 14.1. The maximum Gasteiger partial charge on any atom is 0.269 e. The van der Waals surface area contributed by atoms with E-state index in [9.17, 15) is 14.9 Å². The van der Waals surface area contributed by atoms with E-state index in [1.807, 2.05) is 6.07 Å². The largest absolute Gasteiger partial charge is 0.359 e. The summed E-state index contributed by atoms with van der Waals surface area (Å²) in [7, 11) is 1.61. The number of rotatable bonds is 7. The molecule has 0 spiro atoms. The molecule has 0 bridgehead atoms. The van der Waals surface area contributed by atoms with E-state index in [0.29, 0.717) is 19.5 Å². The number of benzene rings is 1. The number of nitrogens with one attached hydrogen (secondary N) is 2. The second-order valence-corrected chi connectivity index (χ2v) is 3.88. The van der Waals surface area contributed by atoms with Crippen LogP contribution in [0.2, 0.25) is 0 Å². The van der Waals surface area contributed by atoms with E-state index >= 15 is 0 Å². The van der Waals surface area contributed by atoms with Crippen molar-refractivity contribution in [1.29, 1.82) is 0 Å². The van der Waals surface area contributed by atoms with Gasteiger partial charge < -0.3 is 10.6 Å². The molecule has 0 aliphatic rings. The Hall–Kier alpha value is -1.95. The minimum absolute atomic E-state index is 0.0205. The lowest BCUT2D eigenvalue weighted by Gasteiger charge is -2.04. The van der Waals surface area contributed by atoms with Crippen LogP contribution in [0, 0.1) is 10.1 Å². The maximum absolute atomic E-state index is 11.0. The number of amides is 1. The number of nitro groups is 1. The Labute approximate surface area is 106 Å². The first-order valence-corrected chi connectivity index (χ1v) is 5.78. The third-order valence-corrected chi connectivity index (χ3v) is 2.49. The van der Waals surface area contributed by atoms with Crippen LogP contribution in [0.3, 0.4) is 0 Å². The normalized spacial score (nSPS) is 10.1. The molecular formula is C12H17N3O3. The molecule has 0 aliphatic carbocycles. The van der Waals surface area contributed by atoms with Gasteiger partial charge in [0.15, 0.2) is 0 Å². The van der Waals surface area contributed by atoms with Crippen LogP contribution in [0.5, 0.6) is 0 Å². The Kier molecular flexibility index (Phi) is 5.79. The highest BCUT2D eigenvalue weighted by Crippen LogP contribution is 2.12. The molecule has 18 heavy (non-hydrogen) atoms. The van der Waals surface area contributed by atoms with Gasteiger partial charge in [0.1, 0.15) is 0 Å². The predicted octanol–water partition coefficient (Wildman–Crippen LogP) is 1.21. The van der Waals surface area contributed by atoms with E-state index in [2.05, 4.69) is 10.6 Å². The number of carbonyl (C=O) groups excluding carboxylic acids is 1. The van der Waals surface area contributed by atoms with Crippen molar-refractivity contribution in [2.45, 2.75) is 19.4 Å². The molecule has 6 nitrogen and oxygen atoms in total. The lowest BCUT2D eigenvalue weighted by Crippen LogP contribution is -2.20. The molecule has 0 saturated carbocycles. The van der Waals surface area contributed by atoms with Crippen molar-refractivity contribution in [2.24, 2.45) is 0 Å². The molecule has 98 valence electrons. The fraction of sp³-hybridized carbons (Fsp3) is 0.417. The van der Waals surface area contributed by atoms with Crippen LogP contribution in [0.1, 0.15) is 18.4 Å². The van der Waals surface area contributed by atoms with Crippen molar-refractivity contribution in [3.63, 3.8) is 0 Å². The number of hydrogen-bond acceptors (Lipinski definition) is 4. The van der Waals surface area contributed by atoms with E-state index in [4.69, 9.17) is 0 Å². The smallest absolute Gasteiger partial charge is 0.269 e. The highest BCUT2D eigenvalue weighted by Gasteiger charge is 2.05. The SMILES string of the molecule is CNC(=O)CCCNCc1cccc([N+](=O)[O-])c1. The molecule has 6 heteroatoms. The third kappa shape index (κ3) is 4.92. The van der Waals surface area contributed by atoms with E-state index in [1.165, 1.54) is 6.07 Å². The Morgan fingerprint density at radius 2 is 2.22 bits per heavy atom. The second-order valence-electron chi connectivity index (χ2n) is 3.88. The Morgan fingerprint density at radius 3 is 2.89 bits per heavy atom. The van der Waals surface area contributed by atoms with Gasteiger partial charge in [-0.2, -0.15) is 0 Å². The number of non-ortho nitro benzene ring substituents is 1. The highest BCUT2D eigenvalue weighted by molar-refractivity contribution is 5.75. The Morgan fingerprint density at radius 1 is 1.44 bits per heavy atom. The van der Waals surface area contributed by atoms with Crippen LogP contribution in [-0.2, 0) is 11.3 Å². The van der Waals surface area contributed by atoms with Crippen LogP contribution >= 0.6 is 0 Å². The number of carbonyl (C=O) groups is 1. The van der Waals surface area contributed by atoms with Crippen LogP contribution in [0.15, 0.2) is 24.3 Å². The summed E-state index contributed by atoms with van der Waals surface area (Å²) in [6.45, 7) is 1.27. The van der Waals surface area contributed by atoms with Crippen molar-refractivity contribution in [1.82, 2.24) is 10.6 Å². The molecule has 0 aliphatic heterocycles. The van der Waals surface area contributed by atoms with Gasteiger partial charge in [0, 0.05) is 32.1 Å². The molecule has 0 atom stereocenters. The molecule has 0 aromatic heterocycles. The van der Waals surface area contributed by atoms with Crippen molar-refractivity contribution < 1.29 is 9.72 Å².